The van der Waals surface area contributed by atoms with E-state index in [1.54, 1.807) is 16.3 Å². The second-order valence-electron chi connectivity index (χ2n) is 5.30. The molecule has 3 rings (SSSR count). The molecule has 0 spiro atoms. The van der Waals surface area contributed by atoms with Crippen LogP contribution in [0.4, 0.5) is 0 Å². The Kier molecular flexibility index (Phi) is 6.23. The van der Waals surface area contributed by atoms with Crippen molar-refractivity contribution in [2.75, 3.05) is 19.6 Å². The smallest absolute Gasteiger partial charge is 0.264 e. The summed E-state index contributed by atoms with van der Waals surface area (Å²) in [6.07, 6.45) is 0. The number of carbonyl (C=O) groups is 2. The number of nitrogens with two attached hydrogens (primary N) is 1. The van der Waals surface area contributed by atoms with Crippen molar-refractivity contribution in [2.24, 2.45) is 5.73 Å². The van der Waals surface area contributed by atoms with Gasteiger partial charge in [0.25, 0.3) is 5.91 Å². The second kappa shape index (κ2) is 7.98. The fourth-order valence-corrected chi connectivity index (χ4v) is 3.80. The molecule has 1 aromatic heterocycles. The Balaban J connectivity index is 0.00000208. The molecule has 128 valence electrons. The van der Waals surface area contributed by atoms with Gasteiger partial charge in [-0.15, -0.1) is 23.7 Å². The van der Waals surface area contributed by atoms with Gasteiger partial charge in [0.05, 0.1) is 16.5 Å². The molecule has 0 bridgehead atoms. The molecule has 1 saturated heterocycles. The number of amides is 2. The number of nitrogens with one attached hydrogen (secondary N) is 1. The molecular weight excluding hydrogens is 369 g/mol. The number of carbonyl (C=O) groups excluding carboxylic acids is 2. The monoisotopic (exact) mass is 385 g/mol. The lowest BCUT2D eigenvalue weighted by Gasteiger charge is -2.36. The molecule has 0 aliphatic carbocycles. The van der Waals surface area contributed by atoms with E-state index in [1.807, 2.05) is 24.3 Å². The predicted octanol–water partition coefficient (Wildman–Crippen LogP) is 2.71. The quantitative estimate of drug-likeness (QED) is 0.852. The van der Waals surface area contributed by atoms with E-state index in [9.17, 15) is 9.59 Å². The number of rotatable bonds is 3. The number of nitrogens with zero attached hydrogens (tertiary/aromatic N) is 1. The summed E-state index contributed by atoms with van der Waals surface area (Å²) in [7, 11) is 0. The Labute approximate surface area is 155 Å². The Morgan fingerprint density at radius 3 is 2.75 bits per heavy atom. The summed E-state index contributed by atoms with van der Waals surface area (Å²) in [4.78, 5) is 26.4. The third-order valence-electron chi connectivity index (χ3n) is 3.86. The van der Waals surface area contributed by atoms with Gasteiger partial charge in [-0.2, -0.15) is 0 Å². The molecule has 8 heteroatoms. The Hall–Kier alpha value is -1.60. The first-order valence-electron chi connectivity index (χ1n) is 7.22. The van der Waals surface area contributed by atoms with E-state index in [1.165, 1.54) is 11.3 Å². The largest absolute Gasteiger partial charge is 0.366 e. The van der Waals surface area contributed by atoms with Crippen molar-refractivity contribution in [3.8, 4) is 0 Å². The van der Waals surface area contributed by atoms with E-state index < -0.39 is 5.91 Å². The summed E-state index contributed by atoms with van der Waals surface area (Å²) in [6, 6.07) is 8.96. The maximum atomic E-state index is 12.8. The van der Waals surface area contributed by atoms with Gasteiger partial charge in [-0.1, -0.05) is 29.8 Å². The summed E-state index contributed by atoms with van der Waals surface area (Å²) in [6.45, 7) is 1.95. The van der Waals surface area contributed by atoms with E-state index in [2.05, 4.69) is 5.32 Å². The maximum Gasteiger partial charge on any atom is 0.264 e. The fraction of sp³-hybridized carbons (Fsp3) is 0.250. The first-order valence-corrected chi connectivity index (χ1v) is 8.48. The number of piperazine rings is 1. The number of hydrogen-bond acceptors (Lipinski definition) is 4. The number of primary amides is 1. The number of halogens is 2. The molecular formula is C16H17Cl2N3O2S. The molecule has 0 saturated carbocycles. The molecule has 1 aliphatic rings. The minimum absolute atomic E-state index is 0. The molecule has 3 N–H and O–H groups in total. The van der Waals surface area contributed by atoms with E-state index in [-0.39, 0.29) is 24.4 Å². The molecule has 2 heterocycles. The van der Waals surface area contributed by atoms with Gasteiger partial charge >= 0.3 is 0 Å². The zero-order valence-corrected chi connectivity index (χ0v) is 15.1. The van der Waals surface area contributed by atoms with Crippen LogP contribution in [0.2, 0.25) is 5.02 Å². The van der Waals surface area contributed by atoms with Crippen LogP contribution in [-0.2, 0) is 0 Å². The van der Waals surface area contributed by atoms with Gasteiger partial charge in [0, 0.05) is 30.0 Å². The molecule has 1 aliphatic heterocycles. The van der Waals surface area contributed by atoms with Gasteiger partial charge in [-0.3, -0.25) is 9.59 Å². The van der Waals surface area contributed by atoms with Gasteiger partial charge in [-0.25, -0.2) is 0 Å². The van der Waals surface area contributed by atoms with E-state index in [0.29, 0.717) is 28.6 Å². The van der Waals surface area contributed by atoms with E-state index >= 15 is 0 Å². The van der Waals surface area contributed by atoms with Crippen molar-refractivity contribution in [1.29, 1.82) is 0 Å². The summed E-state index contributed by atoms with van der Waals surface area (Å²) in [5.74, 6) is -0.628. The lowest BCUT2D eigenvalue weighted by molar-refractivity contribution is 0.0639. The normalized spacial score (nSPS) is 17.2. The van der Waals surface area contributed by atoms with Gasteiger partial charge in [0.2, 0.25) is 5.91 Å². The van der Waals surface area contributed by atoms with Gasteiger partial charge in [-0.05, 0) is 17.7 Å². The average molecular weight is 386 g/mol. The van der Waals surface area contributed by atoms with Crippen LogP contribution >= 0.6 is 35.3 Å². The lowest BCUT2D eigenvalue weighted by Crippen LogP contribution is -2.48. The summed E-state index contributed by atoms with van der Waals surface area (Å²) < 4.78 is 0. The van der Waals surface area contributed by atoms with Crippen LogP contribution < -0.4 is 11.1 Å². The molecule has 2 aromatic rings. The molecule has 1 atom stereocenters. The molecule has 5 nitrogen and oxygen atoms in total. The van der Waals surface area contributed by atoms with Crippen molar-refractivity contribution in [2.45, 2.75) is 6.04 Å². The predicted molar refractivity (Wildman–Crippen MR) is 98.2 cm³/mol. The van der Waals surface area contributed by atoms with Crippen molar-refractivity contribution in [1.82, 2.24) is 10.2 Å². The average Bonchev–Trinajstić information content (AvgIpc) is 3.05. The summed E-state index contributed by atoms with van der Waals surface area (Å²) in [5.41, 5.74) is 6.54. The second-order valence-corrected chi connectivity index (χ2v) is 6.62. The standard InChI is InChI=1S/C16H16ClN3O2S.ClH/c17-12-4-2-1-3-11(12)13-8-19-5-6-20(13)16(22)14-7-10(9-23-14)15(18)21;/h1-4,7,9,13,19H,5-6,8H2,(H2,18,21);1H. The Morgan fingerprint density at radius 2 is 2.08 bits per heavy atom. The highest BCUT2D eigenvalue weighted by Gasteiger charge is 2.30. The van der Waals surface area contributed by atoms with Crippen LogP contribution in [0.15, 0.2) is 35.7 Å². The van der Waals surface area contributed by atoms with Crippen LogP contribution in [0.1, 0.15) is 31.6 Å². The van der Waals surface area contributed by atoms with Crippen LogP contribution in [0.25, 0.3) is 0 Å². The number of thiophene rings is 1. The third kappa shape index (κ3) is 3.72. The molecule has 0 radical (unpaired) electrons. The molecule has 2 amide bonds. The van der Waals surface area contributed by atoms with Crippen molar-refractivity contribution in [3.05, 3.63) is 56.7 Å². The van der Waals surface area contributed by atoms with Crippen molar-refractivity contribution < 1.29 is 9.59 Å². The third-order valence-corrected chi connectivity index (χ3v) is 5.13. The van der Waals surface area contributed by atoms with Crippen LogP contribution in [-0.4, -0.2) is 36.3 Å². The molecule has 1 unspecified atom stereocenters. The minimum atomic E-state index is -0.525. The molecule has 24 heavy (non-hydrogen) atoms. The summed E-state index contributed by atoms with van der Waals surface area (Å²) in [5, 5.41) is 5.55. The van der Waals surface area contributed by atoms with Crippen LogP contribution in [0, 0.1) is 0 Å². The fourth-order valence-electron chi connectivity index (χ4n) is 2.69. The van der Waals surface area contributed by atoms with Crippen molar-refractivity contribution >= 4 is 47.2 Å². The lowest BCUT2D eigenvalue weighted by atomic mass is 10.0. The van der Waals surface area contributed by atoms with Crippen LogP contribution in [0.5, 0.6) is 0 Å². The maximum absolute atomic E-state index is 12.8. The highest BCUT2D eigenvalue weighted by molar-refractivity contribution is 7.12. The highest BCUT2D eigenvalue weighted by atomic mass is 35.5. The first-order chi connectivity index (χ1) is 11.1. The van der Waals surface area contributed by atoms with Gasteiger partial charge in [0.15, 0.2) is 0 Å². The van der Waals surface area contributed by atoms with Crippen molar-refractivity contribution in [3.63, 3.8) is 0 Å². The zero-order valence-electron chi connectivity index (χ0n) is 12.7. The number of benzene rings is 1. The molecule has 1 aromatic carbocycles. The van der Waals surface area contributed by atoms with E-state index in [4.69, 9.17) is 17.3 Å². The zero-order chi connectivity index (χ0) is 16.4. The van der Waals surface area contributed by atoms with Gasteiger partial charge < -0.3 is 16.0 Å². The van der Waals surface area contributed by atoms with E-state index in [0.717, 1.165) is 12.1 Å². The topological polar surface area (TPSA) is 75.4 Å². The number of hydrogen-bond donors (Lipinski definition) is 2. The minimum Gasteiger partial charge on any atom is -0.366 e. The SMILES string of the molecule is Cl.NC(=O)c1csc(C(=O)N2CCNCC2c2ccccc2Cl)c1. The van der Waals surface area contributed by atoms with Crippen LogP contribution in [0.3, 0.4) is 0 Å². The molecule has 1 fully saturated rings. The van der Waals surface area contributed by atoms with Gasteiger partial charge in [0.1, 0.15) is 0 Å². The first kappa shape index (κ1) is 18.7. The highest BCUT2D eigenvalue weighted by Crippen LogP contribution is 2.30. The Bertz CT molecular complexity index is 750. The summed E-state index contributed by atoms with van der Waals surface area (Å²) >= 11 is 7.53. The Morgan fingerprint density at radius 1 is 1.33 bits per heavy atom.